The van der Waals surface area contributed by atoms with Crippen molar-refractivity contribution in [2.24, 2.45) is 7.05 Å². The fourth-order valence-corrected chi connectivity index (χ4v) is 3.98. The lowest BCUT2D eigenvalue weighted by atomic mass is 10.1. The predicted molar refractivity (Wildman–Crippen MR) is 96.8 cm³/mol. The van der Waals surface area contributed by atoms with Crippen LogP contribution in [0.5, 0.6) is 0 Å². The third-order valence-corrected chi connectivity index (χ3v) is 5.58. The normalized spacial score (nSPS) is 13.3. The third kappa shape index (κ3) is 2.55. The molecule has 0 N–H and O–H groups in total. The Kier molecular flexibility index (Phi) is 3.88. The number of esters is 1. The van der Waals surface area contributed by atoms with Crippen LogP contribution in [0.25, 0.3) is 10.2 Å². The molecule has 2 amide bonds. The maximum Gasteiger partial charge on any atom is 0.350 e. The number of rotatable bonds is 3. The van der Waals surface area contributed by atoms with E-state index in [1.165, 1.54) is 10.9 Å². The Bertz CT molecular complexity index is 1160. The van der Waals surface area contributed by atoms with Crippen molar-refractivity contribution in [2.45, 2.75) is 6.92 Å². The second-order valence-corrected chi connectivity index (χ2v) is 7.04. The highest BCUT2D eigenvalue weighted by Gasteiger charge is 2.36. The Morgan fingerprint density at radius 1 is 1.15 bits per heavy atom. The number of carbonyl (C=O) groups is 3. The number of aryl methyl sites for hydroxylation is 2. The summed E-state index contributed by atoms with van der Waals surface area (Å²) < 4.78 is 6.51. The van der Waals surface area contributed by atoms with E-state index in [-0.39, 0.29) is 21.6 Å². The SMILES string of the molecule is Cc1c(C(=O)OCN2C(=O)c3ccccc3C2=O)sc2ncn(C)c(=O)c12. The van der Waals surface area contributed by atoms with E-state index in [1.54, 1.807) is 38.2 Å². The minimum Gasteiger partial charge on any atom is -0.439 e. The molecular weight excluding hydrogens is 370 g/mol. The molecule has 2 aromatic heterocycles. The Morgan fingerprint density at radius 3 is 2.41 bits per heavy atom. The van der Waals surface area contributed by atoms with Gasteiger partial charge in [0.2, 0.25) is 0 Å². The summed E-state index contributed by atoms with van der Waals surface area (Å²) in [5.74, 6) is -1.73. The molecule has 0 fully saturated rings. The topological polar surface area (TPSA) is 98.6 Å². The molecule has 4 rings (SSSR count). The number of hydrogen-bond acceptors (Lipinski definition) is 7. The highest BCUT2D eigenvalue weighted by molar-refractivity contribution is 7.20. The summed E-state index contributed by atoms with van der Waals surface area (Å²) in [6.45, 7) is 1.14. The molecule has 1 aliphatic rings. The Labute approximate surface area is 156 Å². The number of fused-ring (bicyclic) bond motifs is 2. The van der Waals surface area contributed by atoms with Crippen LogP contribution in [0.3, 0.4) is 0 Å². The largest absolute Gasteiger partial charge is 0.439 e. The number of aromatic nitrogens is 2. The van der Waals surface area contributed by atoms with E-state index in [9.17, 15) is 19.2 Å². The Hall–Kier alpha value is -3.33. The number of amides is 2. The average Bonchev–Trinajstić information content (AvgIpc) is 3.12. The first-order chi connectivity index (χ1) is 12.9. The smallest absolute Gasteiger partial charge is 0.350 e. The van der Waals surface area contributed by atoms with Crippen LogP contribution >= 0.6 is 11.3 Å². The van der Waals surface area contributed by atoms with Gasteiger partial charge in [0, 0.05) is 7.05 Å². The summed E-state index contributed by atoms with van der Waals surface area (Å²) in [5, 5.41) is 0.359. The minimum absolute atomic E-state index is 0.220. The average molecular weight is 383 g/mol. The first-order valence-electron chi connectivity index (χ1n) is 7.97. The molecule has 0 unspecified atom stereocenters. The van der Waals surface area contributed by atoms with E-state index < -0.39 is 24.5 Å². The van der Waals surface area contributed by atoms with Crippen molar-refractivity contribution in [2.75, 3.05) is 6.73 Å². The summed E-state index contributed by atoms with van der Waals surface area (Å²) in [7, 11) is 1.58. The minimum atomic E-state index is -0.714. The van der Waals surface area contributed by atoms with E-state index in [0.29, 0.717) is 15.8 Å². The van der Waals surface area contributed by atoms with Gasteiger partial charge in [-0.1, -0.05) is 12.1 Å². The van der Waals surface area contributed by atoms with Gasteiger partial charge in [0.15, 0.2) is 6.73 Å². The van der Waals surface area contributed by atoms with Gasteiger partial charge < -0.3 is 9.30 Å². The molecule has 3 aromatic rings. The monoisotopic (exact) mass is 383 g/mol. The predicted octanol–water partition coefficient (Wildman–Crippen LogP) is 1.71. The Balaban J connectivity index is 1.58. The molecule has 0 spiro atoms. The van der Waals surface area contributed by atoms with Crippen LogP contribution in [0.4, 0.5) is 0 Å². The van der Waals surface area contributed by atoms with Gasteiger partial charge in [0.1, 0.15) is 9.71 Å². The number of nitrogens with zero attached hydrogens (tertiary/aromatic N) is 3. The van der Waals surface area contributed by atoms with Gasteiger partial charge in [-0.25, -0.2) is 14.7 Å². The fourth-order valence-electron chi connectivity index (χ4n) is 2.95. The molecule has 27 heavy (non-hydrogen) atoms. The molecule has 0 atom stereocenters. The molecule has 0 aliphatic carbocycles. The lowest BCUT2D eigenvalue weighted by molar-refractivity contribution is 0.0231. The molecular formula is C18H13N3O5S. The third-order valence-electron chi connectivity index (χ3n) is 4.40. The molecule has 0 radical (unpaired) electrons. The van der Waals surface area contributed by atoms with Gasteiger partial charge in [0.25, 0.3) is 17.4 Å². The number of hydrogen-bond donors (Lipinski definition) is 0. The van der Waals surface area contributed by atoms with Crippen LogP contribution in [-0.4, -0.2) is 39.0 Å². The van der Waals surface area contributed by atoms with Crippen LogP contribution in [-0.2, 0) is 11.8 Å². The van der Waals surface area contributed by atoms with Crippen molar-refractivity contribution in [3.8, 4) is 0 Å². The van der Waals surface area contributed by atoms with Gasteiger partial charge in [-0.05, 0) is 24.6 Å². The van der Waals surface area contributed by atoms with Gasteiger partial charge in [-0.3, -0.25) is 14.4 Å². The second kappa shape index (κ2) is 6.13. The molecule has 1 aromatic carbocycles. The molecule has 0 saturated carbocycles. The Morgan fingerprint density at radius 2 is 1.78 bits per heavy atom. The second-order valence-electron chi connectivity index (χ2n) is 6.04. The van der Waals surface area contributed by atoms with Crippen LogP contribution in [0, 0.1) is 6.92 Å². The van der Waals surface area contributed by atoms with Gasteiger partial charge in [-0.15, -0.1) is 11.3 Å². The summed E-state index contributed by atoms with van der Waals surface area (Å²) in [4.78, 5) is 55.0. The molecule has 1 aliphatic heterocycles. The zero-order valence-electron chi connectivity index (χ0n) is 14.4. The standard InChI is InChI=1S/C18H13N3O5S/c1-9-12-14(19-7-20(2)17(12)24)27-13(9)18(25)26-8-21-15(22)10-5-3-4-6-11(10)16(21)23/h3-7H,8H2,1-2H3. The molecule has 3 heterocycles. The van der Waals surface area contributed by atoms with Crippen LogP contribution in [0.2, 0.25) is 0 Å². The number of carbonyl (C=O) groups excluding carboxylic acids is 3. The number of thiophene rings is 1. The fraction of sp³-hybridized carbons (Fsp3) is 0.167. The van der Waals surface area contributed by atoms with Crippen molar-refractivity contribution < 1.29 is 19.1 Å². The summed E-state index contributed by atoms with van der Waals surface area (Å²) >= 11 is 1.04. The van der Waals surface area contributed by atoms with E-state index >= 15 is 0 Å². The van der Waals surface area contributed by atoms with E-state index in [0.717, 1.165) is 16.2 Å². The molecule has 8 nitrogen and oxygen atoms in total. The molecule has 9 heteroatoms. The number of ether oxygens (including phenoxy) is 1. The van der Waals surface area contributed by atoms with Gasteiger partial charge in [-0.2, -0.15) is 0 Å². The van der Waals surface area contributed by atoms with Gasteiger partial charge in [0.05, 0.1) is 22.8 Å². The zero-order valence-corrected chi connectivity index (χ0v) is 15.2. The number of benzene rings is 1. The lowest BCUT2D eigenvalue weighted by Crippen LogP contribution is -2.33. The van der Waals surface area contributed by atoms with E-state index in [4.69, 9.17) is 4.74 Å². The molecule has 0 saturated heterocycles. The maximum absolute atomic E-state index is 12.5. The van der Waals surface area contributed by atoms with Crippen molar-refractivity contribution in [3.63, 3.8) is 0 Å². The first-order valence-corrected chi connectivity index (χ1v) is 8.79. The van der Waals surface area contributed by atoms with Crippen LogP contribution in [0.1, 0.15) is 36.0 Å². The summed E-state index contributed by atoms with van der Waals surface area (Å²) in [5.41, 5.74) is 0.776. The summed E-state index contributed by atoms with van der Waals surface area (Å²) in [6, 6.07) is 6.42. The van der Waals surface area contributed by atoms with Gasteiger partial charge >= 0.3 is 5.97 Å². The van der Waals surface area contributed by atoms with Crippen molar-refractivity contribution >= 4 is 39.3 Å². The van der Waals surface area contributed by atoms with Crippen molar-refractivity contribution in [1.82, 2.24) is 14.5 Å². The van der Waals surface area contributed by atoms with Crippen molar-refractivity contribution in [1.29, 1.82) is 0 Å². The maximum atomic E-state index is 12.5. The first kappa shape index (κ1) is 17.1. The van der Waals surface area contributed by atoms with Crippen molar-refractivity contribution in [3.05, 3.63) is 62.5 Å². The lowest BCUT2D eigenvalue weighted by Gasteiger charge is -2.13. The highest BCUT2D eigenvalue weighted by atomic mass is 32.1. The van der Waals surface area contributed by atoms with Crippen LogP contribution in [0.15, 0.2) is 35.4 Å². The number of imide groups is 1. The summed E-state index contributed by atoms with van der Waals surface area (Å²) in [6.07, 6.45) is 1.38. The van der Waals surface area contributed by atoms with Crippen LogP contribution < -0.4 is 5.56 Å². The van der Waals surface area contributed by atoms with E-state index in [1.807, 2.05) is 0 Å². The quantitative estimate of drug-likeness (QED) is 0.504. The highest BCUT2D eigenvalue weighted by Crippen LogP contribution is 2.28. The van der Waals surface area contributed by atoms with E-state index in [2.05, 4.69) is 4.98 Å². The molecule has 136 valence electrons. The molecule has 0 bridgehead atoms. The zero-order chi connectivity index (χ0) is 19.3.